The molecule has 0 spiro atoms. The number of benzene rings is 1. The molecule has 0 saturated heterocycles. The van der Waals surface area contributed by atoms with Crippen molar-refractivity contribution in [3.63, 3.8) is 0 Å². The van der Waals surface area contributed by atoms with E-state index >= 15 is 0 Å². The number of hydrogen-bond acceptors (Lipinski definition) is 5. The lowest BCUT2D eigenvalue weighted by Gasteiger charge is -2.15. The molecule has 0 aromatic heterocycles. The van der Waals surface area contributed by atoms with Gasteiger partial charge in [0.1, 0.15) is 5.75 Å². The average Bonchev–Trinajstić information content (AvgIpc) is 2.53. The summed E-state index contributed by atoms with van der Waals surface area (Å²) in [5.41, 5.74) is 11.4. The van der Waals surface area contributed by atoms with Crippen molar-refractivity contribution < 1.29 is 19.1 Å². The normalized spacial score (nSPS) is 11.7. The minimum Gasteiger partial charge on any atom is -0.494 e. The largest absolute Gasteiger partial charge is 0.494 e. The summed E-state index contributed by atoms with van der Waals surface area (Å²) in [5.74, 6) is -1.17. The minimum absolute atomic E-state index is 0.0411. The first-order valence-corrected chi connectivity index (χ1v) is 7.66. The monoisotopic (exact) mass is 336 g/mol. The van der Waals surface area contributed by atoms with Gasteiger partial charge in [-0.05, 0) is 31.0 Å². The lowest BCUT2D eigenvalue weighted by molar-refractivity contribution is -0.125. The summed E-state index contributed by atoms with van der Waals surface area (Å²) >= 11 is 0. The molecule has 0 heterocycles. The van der Waals surface area contributed by atoms with Gasteiger partial charge in [0, 0.05) is 0 Å². The lowest BCUT2D eigenvalue weighted by atomic mass is 10.1. The van der Waals surface area contributed by atoms with Gasteiger partial charge in [-0.25, -0.2) is 0 Å². The molecule has 8 nitrogen and oxygen atoms in total. The number of hydrogen-bond donors (Lipinski definition) is 4. The molecule has 24 heavy (non-hydrogen) atoms. The number of rotatable bonds is 8. The summed E-state index contributed by atoms with van der Waals surface area (Å²) in [6, 6.07) is 3.89. The van der Waals surface area contributed by atoms with Gasteiger partial charge in [0.25, 0.3) is 5.91 Å². The van der Waals surface area contributed by atoms with E-state index < -0.39 is 23.8 Å². The molecule has 3 amide bonds. The van der Waals surface area contributed by atoms with Crippen molar-refractivity contribution >= 4 is 23.4 Å². The maximum absolute atomic E-state index is 11.9. The Kier molecular flexibility index (Phi) is 7.19. The molecule has 0 saturated carbocycles. The summed E-state index contributed by atoms with van der Waals surface area (Å²) < 4.78 is 5.29. The highest BCUT2D eigenvalue weighted by Crippen LogP contribution is 2.22. The number of carbonyl (C=O) groups excluding carboxylic acids is 3. The molecule has 0 bridgehead atoms. The highest BCUT2D eigenvalue weighted by atomic mass is 16.5. The van der Waals surface area contributed by atoms with Crippen LogP contribution in [-0.4, -0.2) is 36.9 Å². The first-order valence-electron chi connectivity index (χ1n) is 7.66. The van der Waals surface area contributed by atoms with Crippen molar-refractivity contribution in [3.8, 4) is 5.75 Å². The third kappa shape index (κ3) is 5.54. The molecule has 1 aromatic rings. The van der Waals surface area contributed by atoms with Crippen LogP contribution >= 0.6 is 0 Å². The van der Waals surface area contributed by atoms with E-state index in [2.05, 4.69) is 10.6 Å². The second kappa shape index (κ2) is 8.88. The topological polar surface area (TPSA) is 137 Å². The van der Waals surface area contributed by atoms with E-state index in [-0.39, 0.29) is 23.7 Å². The van der Waals surface area contributed by atoms with Crippen molar-refractivity contribution in [1.82, 2.24) is 5.32 Å². The Balaban J connectivity index is 2.73. The van der Waals surface area contributed by atoms with Crippen molar-refractivity contribution in [1.29, 1.82) is 0 Å². The van der Waals surface area contributed by atoms with Gasteiger partial charge in [-0.2, -0.15) is 0 Å². The smallest absolute Gasteiger partial charge is 0.250 e. The molecule has 6 N–H and O–H groups in total. The van der Waals surface area contributed by atoms with Gasteiger partial charge in [-0.3, -0.25) is 14.4 Å². The molecule has 0 fully saturated rings. The minimum atomic E-state index is -0.697. The summed E-state index contributed by atoms with van der Waals surface area (Å²) in [4.78, 5) is 35.2. The number of nitrogens with one attached hydrogen (secondary N) is 2. The van der Waals surface area contributed by atoms with Crippen LogP contribution < -0.4 is 26.8 Å². The van der Waals surface area contributed by atoms with E-state index in [0.29, 0.717) is 12.4 Å². The standard InChI is InChI=1S/C16H24N4O4/c1-4-24-10-5-6-12(11(7-10)15(18)22)20-13(21)8-19-16(23)14(17)9(2)3/h5-7,9,14H,4,8,17H2,1-3H3,(H2,18,22)(H,19,23)(H,20,21)/t14-/m0/s1. The molecule has 0 aliphatic rings. The van der Waals surface area contributed by atoms with Crippen LogP contribution in [0.15, 0.2) is 18.2 Å². The second-order valence-corrected chi connectivity index (χ2v) is 5.54. The number of amides is 3. The average molecular weight is 336 g/mol. The number of nitrogens with two attached hydrogens (primary N) is 2. The lowest BCUT2D eigenvalue weighted by Crippen LogP contribution is -2.46. The van der Waals surface area contributed by atoms with Crippen LogP contribution in [0.25, 0.3) is 0 Å². The van der Waals surface area contributed by atoms with E-state index in [9.17, 15) is 14.4 Å². The molecule has 0 aliphatic carbocycles. The molecule has 1 aromatic carbocycles. The van der Waals surface area contributed by atoms with Crippen LogP contribution in [0.2, 0.25) is 0 Å². The van der Waals surface area contributed by atoms with Gasteiger partial charge in [0.15, 0.2) is 0 Å². The summed E-state index contributed by atoms with van der Waals surface area (Å²) in [5, 5.41) is 4.98. The Bertz CT molecular complexity index is 616. The first kappa shape index (κ1) is 19.4. The van der Waals surface area contributed by atoms with Gasteiger partial charge in [0.05, 0.1) is 30.4 Å². The third-order valence-electron chi connectivity index (χ3n) is 3.29. The fraction of sp³-hybridized carbons (Fsp3) is 0.438. The van der Waals surface area contributed by atoms with Gasteiger partial charge in [-0.15, -0.1) is 0 Å². The first-order chi connectivity index (χ1) is 11.3. The van der Waals surface area contributed by atoms with Gasteiger partial charge >= 0.3 is 0 Å². The van der Waals surface area contributed by atoms with E-state index in [1.54, 1.807) is 6.07 Å². The van der Waals surface area contributed by atoms with E-state index in [1.165, 1.54) is 12.1 Å². The Labute approximate surface area is 140 Å². The fourth-order valence-electron chi connectivity index (χ4n) is 1.88. The van der Waals surface area contributed by atoms with E-state index in [4.69, 9.17) is 16.2 Å². The van der Waals surface area contributed by atoms with E-state index in [0.717, 1.165) is 0 Å². The predicted molar refractivity (Wildman–Crippen MR) is 90.6 cm³/mol. The fourth-order valence-corrected chi connectivity index (χ4v) is 1.88. The molecular formula is C16H24N4O4. The highest BCUT2D eigenvalue weighted by Gasteiger charge is 2.18. The zero-order chi connectivity index (χ0) is 18.3. The SMILES string of the molecule is CCOc1ccc(NC(=O)CNC(=O)[C@@H](N)C(C)C)c(C(N)=O)c1. The van der Waals surface area contributed by atoms with E-state index in [1.807, 2.05) is 20.8 Å². The van der Waals surface area contributed by atoms with Crippen molar-refractivity contribution in [3.05, 3.63) is 23.8 Å². The van der Waals surface area contributed by atoms with Crippen LogP contribution in [0.3, 0.4) is 0 Å². The maximum atomic E-state index is 11.9. The molecule has 0 unspecified atom stereocenters. The Morgan fingerprint density at radius 3 is 2.46 bits per heavy atom. The number of primary amides is 1. The third-order valence-corrected chi connectivity index (χ3v) is 3.29. The van der Waals surface area contributed by atoms with Gasteiger partial charge in [-0.1, -0.05) is 13.8 Å². The molecular weight excluding hydrogens is 312 g/mol. The molecule has 0 radical (unpaired) electrons. The van der Waals surface area contributed by atoms with Crippen molar-refractivity contribution in [2.45, 2.75) is 26.8 Å². The molecule has 8 heteroatoms. The van der Waals surface area contributed by atoms with Crippen LogP contribution in [-0.2, 0) is 9.59 Å². The zero-order valence-electron chi connectivity index (χ0n) is 14.1. The summed E-state index contributed by atoms with van der Waals surface area (Å²) in [6.45, 7) is 5.60. The van der Waals surface area contributed by atoms with Crippen molar-refractivity contribution in [2.24, 2.45) is 17.4 Å². The zero-order valence-corrected chi connectivity index (χ0v) is 14.1. The number of anilines is 1. The predicted octanol–water partition coefficient (Wildman–Crippen LogP) is 0.222. The number of ether oxygens (including phenoxy) is 1. The summed E-state index contributed by atoms with van der Waals surface area (Å²) in [7, 11) is 0. The van der Waals surface area contributed by atoms with Gasteiger partial charge in [0.2, 0.25) is 11.8 Å². The molecule has 132 valence electrons. The van der Waals surface area contributed by atoms with Crippen LogP contribution in [0.4, 0.5) is 5.69 Å². The van der Waals surface area contributed by atoms with Crippen LogP contribution in [0.5, 0.6) is 5.75 Å². The quantitative estimate of drug-likeness (QED) is 0.538. The Hall–Kier alpha value is -2.61. The molecule has 1 rings (SSSR count). The number of carbonyl (C=O) groups is 3. The van der Waals surface area contributed by atoms with Gasteiger partial charge < -0.3 is 26.8 Å². The molecule has 1 atom stereocenters. The Morgan fingerprint density at radius 1 is 1.25 bits per heavy atom. The Morgan fingerprint density at radius 2 is 1.92 bits per heavy atom. The maximum Gasteiger partial charge on any atom is 0.250 e. The summed E-state index contributed by atoms with van der Waals surface area (Å²) in [6.07, 6.45) is 0. The highest BCUT2D eigenvalue weighted by molar-refractivity contribution is 6.04. The van der Waals surface area contributed by atoms with Crippen LogP contribution in [0, 0.1) is 5.92 Å². The molecule has 0 aliphatic heterocycles. The second-order valence-electron chi connectivity index (χ2n) is 5.54. The van der Waals surface area contributed by atoms with Crippen LogP contribution in [0.1, 0.15) is 31.1 Å². The van der Waals surface area contributed by atoms with Crippen molar-refractivity contribution in [2.75, 3.05) is 18.5 Å².